The topological polar surface area (TPSA) is 46.3 Å². The second-order valence-corrected chi connectivity index (χ2v) is 4.99. The molecule has 0 aromatic heterocycles. The molecule has 0 atom stereocenters. The van der Waals surface area contributed by atoms with Crippen molar-refractivity contribution in [3.05, 3.63) is 0 Å². The first-order chi connectivity index (χ1) is 7.31. The number of nitrogens with zero attached hydrogens (tertiary/aromatic N) is 1. The van der Waals surface area contributed by atoms with Crippen molar-refractivity contribution < 1.29 is 4.79 Å². The first kappa shape index (κ1) is 10.9. The minimum absolute atomic E-state index is 0.347. The molecule has 1 saturated heterocycles. The highest BCUT2D eigenvalue weighted by Crippen LogP contribution is 2.28. The molecule has 1 saturated carbocycles. The molecule has 2 rings (SSSR count). The van der Waals surface area contributed by atoms with Crippen molar-refractivity contribution in [3.63, 3.8) is 0 Å². The van der Waals surface area contributed by atoms with E-state index in [4.69, 9.17) is 5.73 Å². The number of hydrogen-bond donors (Lipinski definition) is 1. The third kappa shape index (κ3) is 2.51. The van der Waals surface area contributed by atoms with Gasteiger partial charge in [-0.2, -0.15) is 0 Å². The quantitative estimate of drug-likeness (QED) is 0.748. The summed E-state index contributed by atoms with van der Waals surface area (Å²) in [4.78, 5) is 14.2. The van der Waals surface area contributed by atoms with Gasteiger partial charge in [0.2, 0.25) is 5.91 Å². The lowest BCUT2D eigenvalue weighted by molar-refractivity contribution is -0.136. The van der Waals surface area contributed by atoms with Crippen LogP contribution >= 0.6 is 0 Å². The molecule has 1 aliphatic carbocycles. The van der Waals surface area contributed by atoms with Gasteiger partial charge in [-0.3, -0.25) is 4.79 Å². The molecule has 3 nitrogen and oxygen atoms in total. The predicted molar refractivity (Wildman–Crippen MR) is 60.3 cm³/mol. The molecule has 1 heterocycles. The van der Waals surface area contributed by atoms with E-state index < -0.39 is 0 Å². The Hall–Kier alpha value is -0.570. The lowest BCUT2D eigenvalue weighted by Crippen LogP contribution is -2.42. The van der Waals surface area contributed by atoms with E-state index in [9.17, 15) is 4.79 Å². The van der Waals surface area contributed by atoms with Gasteiger partial charge in [-0.25, -0.2) is 0 Å². The van der Waals surface area contributed by atoms with Crippen LogP contribution in [0.1, 0.15) is 38.5 Å². The molecule has 0 spiro atoms. The van der Waals surface area contributed by atoms with Crippen molar-refractivity contribution in [2.24, 2.45) is 17.6 Å². The van der Waals surface area contributed by atoms with E-state index in [0.29, 0.717) is 17.7 Å². The average molecular weight is 210 g/mol. The standard InChI is InChI=1S/C12H22N2O/c13-9-10-5-7-14(8-6-10)12(15)11-3-1-2-4-11/h10-11H,1-9,13H2. The Morgan fingerprint density at radius 1 is 1.13 bits per heavy atom. The predicted octanol–water partition coefficient (Wildman–Crippen LogP) is 1.37. The van der Waals surface area contributed by atoms with Gasteiger partial charge in [0, 0.05) is 19.0 Å². The number of likely N-dealkylation sites (tertiary alicyclic amines) is 1. The fraction of sp³-hybridized carbons (Fsp3) is 0.917. The average Bonchev–Trinajstić information content (AvgIpc) is 2.82. The molecule has 3 heteroatoms. The minimum atomic E-state index is 0.347. The Kier molecular flexibility index (Phi) is 3.62. The molecule has 86 valence electrons. The minimum Gasteiger partial charge on any atom is -0.342 e. The van der Waals surface area contributed by atoms with Crippen LogP contribution in [0.25, 0.3) is 0 Å². The lowest BCUT2D eigenvalue weighted by atomic mass is 9.95. The second-order valence-electron chi connectivity index (χ2n) is 4.99. The van der Waals surface area contributed by atoms with Gasteiger partial charge in [-0.1, -0.05) is 12.8 Å². The highest BCUT2D eigenvalue weighted by Gasteiger charge is 2.29. The lowest BCUT2D eigenvalue weighted by Gasteiger charge is -2.33. The normalized spacial score (nSPS) is 24.7. The number of carbonyl (C=O) groups is 1. The highest BCUT2D eigenvalue weighted by molar-refractivity contribution is 5.79. The van der Waals surface area contributed by atoms with Crippen LogP contribution in [0.5, 0.6) is 0 Å². The Balaban J connectivity index is 1.81. The molecule has 0 unspecified atom stereocenters. The molecule has 1 aliphatic heterocycles. The van der Waals surface area contributed by atoms with Crippen molar-refractivity contribution in [1.82, 2.24) is 4.90 Å². The summed E-state index contributed by atoms with van der Waals surface area (Å²) in [5.41, 5.74) is 5.64. The first-order valence-electron chi connectivity index (χ1n) is 6.30. The van der Waals surface area contributed by atoms with E-state index >= 15 is 0 Å². The number of piperidine rings is 1. The van der Waals surface area contributed by atoms with Crippen molar-refractivity contribution >= 4 is 5.91 Å². The third-order valence-electron chi connectivity index (χ3n) is 3.96. The zero-order chi connectivity index (χ0) is 10.7. The van der Waals surface area contributed by atoms with Crippen molar-refractivity contribution in [2.45, 2.75) is 38.5 Å². The van der Waals surface area contributed by atoms with Gasteiger partial charge in [-0.15, -0.1) is 0 Å². The van der Waals surface area contributed by atoms with E-state index in [2.05, 4.69) is 4.90 Å². The molecule has 2 N–H and O–H groups in total. The second kappa shape index (κ2) is 4.97. The number of carbonyl (C=O) groups excluding carboxylic acids is 1. The summed E-state index contributed by atoms with van der Waals surface area (Å²) in [5.74, 6) is 1.42. The Morgan fingerprint density at radius 3 is 2.27 bits per heavy atom. The van der Waals surface area contributed by atoms with E-state index in [-0.39, 0.29) is 0 Å². The third-order valence-corrected chi connectivity index (χ3v) is 3.96. The van der Waals surface area contributed by atoms with Gasteiger partial charge < -0.3 is 10.6 Å². The van der Waals surface area contributed by atoms with Crippen LogP contribution < -0.4 is 5.73 Å². The van der Waals surface area contributed by atoms with E-state index in [1.54, 1.807) is 0 Å². The zero-order valence-electron chi connectivity index (χ0n) is 9.45. The summed E-state index contributed by atoms with van der Waals surface area (Å²) in [6.45, 7) is 2.67. The van der Waals surface area contributed by atoms with Crippen molar-refractivity contribution in [1.29, 1.82) is 0 Å². The van der Waals surface area contributed by atoms with Crippen LogP contribution in [0.2, 0.25) is 0 Å². The van der Waals surface area contributed by atoms with Crippen LogP contribution in [-0.2, 0) is 4.79 Å². The summed E-state index contributed by atoms with van der Waals surface area (Å²) in [5, 5.41) is 0. The van der Waals surface area contributed by atoms with Crippen LogP contribution in [0.3, 0.4) is 0 Å². The molecular weight excluding hydrogens is 188 g/mol. The maximum absolute atomic E-state index is 12.1. The fourth-order valence-corrected chi connectivity index (χ4v) is 2.82. The van der Waals surface area contributed by atoms with E-state index in [1.165, 1.54) is 12.8 Å². The number of hydrogen-bond acceptors (Lipinski definition) is 2. The Morgan fingerprint density at radius 2 is 1.73 bits per heavy atom. The maximum atomic E-state index is 12.1. The highest BCUT2D eigenvalue weighted by atomic mass is 16.2. The number of nitrogens with two attached hydrogens (primary N) is 1. The van der Waals surface area contributed by atoms with Gasteiger partial charge in [0.05, 0.1) is 0 Å². The van der Waals surface area contributed by atoms with Crippen LogP contribution in [-0.4, -0.2) is 30.4 Å². The summed E-state index contributed by atoms with van der Waals surface area (Å²) in [7, 11) is 0. The maximum Gasteiger partial charge on any atom is 0.225 e. The van der Waals surface area contributed by atoms with E-state index in [1.807, 2.05) is 0 Å². The Labute approximate surface area is 92.0 Å². The Bertz CT molecular complexity index is 216. The molecule has 2 aliphatic rings. The summed E-state index contributed by atoms with van der Waals surface area (Å²) in [6, 6.07) is 0. The molecule has 0 aromatic carbocycles. The number of rotatable bonds is 2. The molecule has 0 radical (unpaired) electrons. The first-order valence-corrected chi connectivity index (χ1v) is 6.30. The van der Waals surface area contributed by atoms with Crippen LogP contribution in [0.15, 0.2) is 0 Å². The summed E-state index contributed by atoms with van der Waals surface area (Å²) in [6.07, 6.45) is 6.95. The SMILES string of the molecule is NCC1CCN(C(=O)C2CCCC2)CC1. The van der Waals surface area contributed by atoms with Gasteiger partial charge in [0.15, 0.2) is 0 Å². The van der Waals surface area contributed by atoms with E-state index in [0.717, 1.165) is 45.3 Å². The van der Waals surface area contributed by atoms with Gasteiger partial charge >= 0.3 is 0 Å². The molecule has 15 heavy (non-hydrogen) atoms. The fourth-order valence-electron chi connectivity index (χ4n) is 2.82. The molecule has 0 aromatic rings. The van der Waals surface area contributed by atoms with Crippen molar-refractivity contribution in [3.8, 4) is 0 Å². The largest absolute Gasteiger partial charge is 0.342 e. The van der Waals surface area contributed by atoms with Crippen LogP contribution in [0.4, 0.5) is 0 Å². The molecule has 1 amide bonds. The van der Waals surface area contributed by atoms with Crippen LogP contribution in [0, 0.1) is 11.8 Å². The van der Waals surface area contributed by atoms with Gasteiger partial charge in [-0.05, 0) is 38.1 Å². The molecular formula is C12H22N2O. The van der Waals surface area contributed by atoms with Gasteiger partial charge in [0.25, 0.3) is 0 Å². The summed E-state index contributed by atoms with van der Waals surface area (Å²) >= 11 is 0. The van der Waals surface area contributed by atoms with Crippen molar-refractivity contribution in [2.75, 3.05) is 19.6 Å². The molecule has 0 bridgehead atoms. The van der Waals surface area contributed by atoms with Gasteiger partial charge in [0.1, 0.15) is 0 Å². The smallest absolute Gasteiger partial charge is 0.225 e. The zero-order valence-corrected chi connectivity index (χ0v) is 9.45. The molecule has 2 fully saturated rings. The summed E-state index contributed by atoms with van der Waals surface area (Å²) < 4.78 is 0. The monoisotopic (exact) mass is 210 g/mol. The number of amides is 1.